The number of rotatable bonds is 0. The predicted molar refractivity (Wildman–Crippen MR) is 80.2 cm³/mol. The van der Waals surface area contributed by atoms with Crippen molar-refractivity contribution >= 4 is 34.0 Å². The van der Waals surface area contributed by atoms with Crippen molar-refractivity contribution in [2.45, 2.75) is 0 Å². The van der Waals surface area contributed by atoms with Crippen LogP contribution in [0.15, 0.2) is 41.2 Å². The molecule has 2 aromatic carbocycles. The van der Waals surface area contributed by atoms with Crippen molar-refractivity contribution in [1.29, 1.82) is 0 Å². The lowest BCUT2D eigenvalue weighted by molar-refractivity contribution is 0.103. The molecule has 1 aliphatic rings. The molecule has 2 N–H and O–H groups in total. The maximum atomic E-state index is 12.6. The smallest absolute Gasteiger partial charge is 0.266 e. The fourth-order valence-electron chi connectivity index (χ4n) is 2.60. The summed E-state index contributed by atoms with van der Waals surface area (Å²) in [6.07, 6.45) is 0. The summed E-state index contributed by atoms with van der Waals surface area (Å²) in [7, 11) is 0. The number of fused-ring (bicyclic) bond motifs is 4. The second kappa shape index (κ2) is 3.93. The topological polar surface area (TPSA) is 78.0 Å². The third-order valence-electron chi connectivity index (χ3n) is 3.60. The number of benzene rings is 2. The Labute approximate surface area is 123 Å². The van der Waals surface area contributed by atoms with Crippen molar-refractivity contribution in [3.05, 3.63) is 63.2 Å². The minimum absolute atomic E-state index is 0.0706. The zero-order chi connectivity index (χ0) is 14.7. The average Bonchev–Trinajstić information content (AvgIpc) is 2.77. The van der Waals surface area contributed by atoms with Gasteiger partial charge >= 0.3 is 0 Å². The Bertz CT molecular complexity index is 1010. The Kier molecular flexibility index (Phi) is 2.26. The number of nitrogens with two attached hydrogens (primary N) is 1. The zero-order valence-corrected chi connectivity index (χ0v) is 11.4. The number of nitrogens with zero attached hydrogens (tertiary/aromatic N) is 2. The van der Waals surface area contributed by atoms with Crippen LogP contribution in [0.2, 0.25) is 5.02 Å². The van der Waals surface area contributed by atoms with E-state index in [-0.39, 0.29) is 27.8 Å². The van der Waals surface area contributed by atoms with Gasteiger partial charge < -0.3 is 5.73 Å². The van der Waals surface area contributed by atoms with Crippen LogP contribution in [0.5, 0.6) is 0 Å². The van der Waals surface area contributed by atoms with Crippen molar-refractivity contribution < 1.29 is 4.79 Å². The molecule has 0 amide bonds. The molecule has 2 heterocycles. The molecular weight excluding hydrogens is 290 g/mol. The number of anilines is 1. The Morgan fingerprint density at radius 2 is 1.86 bits per heavy atom. The number of hydrogen-bond acceptors (Lipinski definition) is 4. The lowest BCUT2D eigenvalue weighted by Crippen LogP contribution is -2.21. The molecule has 1 aliphatic heterocycles. The minimum atomic E-state index is -0.384. The van der Waals surface area contributed by atoms with Crippen LogP contribution in [0.3, 0.4) is 0 Å². The summed E-state index contributed by atoms with van der Waals surface area (Å²) in [4.78, 5) is 29.4. The molecule has 0 atom stereocenters. The van der Waals surface area contributed by atoms with Gasteiger partial charge in [-0.1, -0.05) is 23.7 Å². The number of carbonyl (C=O) groups excluding carboxylic acids is 1. The number of nitrogen functional groups attached to an aromatic ring is 1. The highest BCUT2D eigenvalue weighted by Crippen LogP contribution is 2.35. The Hall–Kier alpha value is -2.66. The van der Waals surface area contributed by atoms with Crippen molar-refractivity contribution in [1.82, 2.24) is 9.55 Å². The van der Waals surface area contributed by atoms with Crippen LogP contribution in [0.1, 0.15) is 16.2 Å². The summed E-state index contributed by atoms with van der Waals surface area (Å²) < 4.78 is 1.30. The molecule has 0 radical (unpaired) electrons. The summed E-state index contributed by atoms with van der Waals surface area (Å²) in [5.41, 5.74) is 6.89. The standard InChI is InChI=1S/C15H8ClN3O2/c16-12-8(17)5-6-10-11(12)13(20)14-18-9-4-2-1-3-7(9)15(21)19(10)14/h1-6H,17H2. The molecule has 0 aliphatic carbocycles. The van der Waals surface area contributed by atoms with Gasteiger partial charge in [-0.15, -0.1) is 0 Å². The third kappa shape index (κ3) is 1.43. The van der Waals surface area contributed by atoms with Crippen LogP contribution in [-0.2, 0) is 0 Å². The van der Waals surface area contributed by atoms with Gasteiger partial charge in [0.2, 0.25) is 5.78 Å². The number of ketones is 1. The van der Waals surface area contributed by atoms with E-state index >= 15 is 0 Å². The molecule has 3 aromatic rings. The first-order valence-electron chi connectivity index (χ1n) is 6.24. The monoisotopic (exact) mass is 297 g/mol. The van der Waals surface area contributed by atoms with Gasteiger partial charge in [-0.05, 0) is 24.3 Å². The molecular formula is C15H8ClN3O2. The van der Waals surface area contributed by atoms with Crippen LogP contribution in [0, 0.1) is 0 Å². The van der Waals surface area contributed by atoms with Crippen molar-refractivity contribution in [3.8, 4) is 5.69 Å². The second-order valence-corrected chi connectivity index (χ2v) is 5.16. The molecule has 4 rings (SSSR count). The van der Waals surface area contributed by atoms with E-state index in [2.05, 4.69) is 4.98 Å². The van der Waals surface area contributed by atoms with E-state index in [0.29, 0.717) is 22.3 Å². The van der Waals surface area contributed by atoms with Crippen molar-refractivity contribution in [2.75, 3.05) is 5.73 Å². The molecule has 0 saturated heterocycles. The Balaban J connectivity index is 2.21. The van der Waals surface area contributed by atoms with Gasteiger partial charge in [0.15, 0.2) is 5.82 Å². The fraction of sp³-hybridized carbons (Fsp3) is 0. The van der Waals surface area contributed by atoms with Crippen LogP contribution in [-0.4, -0.2) is 15.3 Å². The van der Waals surface area contributed by atoms with Gasteiger partial charge in [-0.25, -0.2) is 4.98 Å². The van der Waals surface area contributed by atoms with E-state index in [0.717, 1.165) is 0 Å². The first kappa shape index (κ1) is 12.1. The first-order chi connectivity index (χ1) is 10.1. The number of carbonyl (C=O) groups is 1. The van der Waals surface area contributed by atoms with E-state index in [1.165, 1.54) is 4.57 Å². The molecule has 21 heavy (non-hydrogen) atoms. The lowest BCUT2D eigenvalue weighted by Gasteiger charge is -2.06. The van der Waals surface area contributed by atoms with E-state index in [1.54, 1.807) is 36.4 Å². The molecule has 0 spiro atoms. The van der Waals surface area contributed by atoms with E-state index in [1.807, 2.05) is 0 Å². The fourth-order valence-corrected chi connectivity index (χ4v) is 2.85. The minimum Gasteiger partial charge on any atom is -0.398 e. The van der Waals surface area contributed by atoms with Gasteiger partial charge in [0.25, 0.3) is 5.56 Å². The molecule has 6 heteroatoms. The van der Waals surface area contributed by atoms with Gasteiger partial charge in [0.05, 0.1) is 32.9 Å². The quantitative estimate of drug-likeness (QED) is 0.505. The summed E-state index contributed by atoms with van der Waals surface area (Å²) >= 11 is 6.12. The Morgan fingerprint density at radius 3 is 2.67 bits per heavy atom. The van der Waals surface area contributed by atoms with Crippen molar-refractivity contribution in [3.63, 3.8) is 0 Å². The molecule has 102 valence electrons. The summed E-state index contributed by atoms with van der Waals surface area (Å²) in [6, 6.07) is 10.1. The second-order valence-electron chi connectivity index (χ2n) is 4.79. The number of aromatic nitrogens is 2. The van der Waals surface area contributed by atoms with Crippen LogP contribution < -0.4 is 11.3 Å². The Morgan fingerprint density at radius 1 is 1.10 bits per heavy atom. The van der Waals surface area contributed by atoms with Crippen LogP contribution in [0.4, 0.5) is 5.69 Å². The number of halogens is 1. The number of para-hydroxylation sites is 1. The lowest BCUT2D eigenvalue weighted by atomic mass is 10.1. The zero-order valence-electron chi connectivity index (χ0n) is 10.6. The largest absolute Gasteiger partial charge is 0.398 e. The van der Waals surface area contributed by atoms with E-state index < -0.39 is 0 Å². The molecule has 5 nitrogen and oxygen atoms in total. The van der Waals surface area contributed by atoms with Gasteiger partial charge in [0.1, 0.15) is 0 Å². The highest BCUT2D eigenvalue weighted by atomic mass is 35.5. The first-order valence-corrected chi connectivity index (χ1v) is 6.62. The van der Waals surface area contributed by atoms with Gasteiger partial charge in [-0.2, -0.15) is 0 Å². The molecule has 1 aromatic heterocycles. The number of hydrogen-bond donors (Lipinski definition) is 1. The predicted octanol–water partition coefficient (Wildman–Crippen LogP) is 2.17. The van der Waals surface area contributed by atoms with E-state index in [9.17, 15) is 9.59 Å². The molecule has 0 fully saturated rings. The highest BCUT2D eigenvalue weighted by molar-refractivity contribution is 6.38. The normalized spacial score (nSPS) is 12.5. The molecule has 0 unspecified atom stereocenters. The van der Waals surface area contributed by atoms with Crippen molar-refractivity contribution in [2.24, 2.45) is 0 Å². The van der Waals surface area contributed by atoms with Gasteiger partial charge in [0, 0.05) is 0 Å². The van der Waals surface area contributed by atoms with E-state index in [4.69, 9.17) is 17.3 Å². The summed E-state index contributed by atoms with van der Waals surface area (Å²) in [5.74, 6) is -0.314. The highest BCUT2D eigenvalue weighted by Gasteiger charge is 2.33. The SMILES string of the molecule is Nc1ccc2c(c1Cl)C(=O)c1nc3ccccc3c(=O)n1-2. The molecule has 0 saturated carbocycles. The maximum absolute atomic E-state index is 12.6. The maximum Gasteiger partial charge on any atom is 0.266 e. The third-order valence-corrected chi connectivity index (χ3v) is 4.00. The van der Waals surface area contributed by atoms with Gasteiger partial charge in [-0.3, -0.25) is 14.2 Å². The van der Waals surface area contributed by atoms with Crippen LogP contribution >= 0.6 is 11.6 Å². The van der Waals surface area contributed by atoms with Crippen LogP contribution in [0.25, 0.3) is 16.6 Å². The summed E-state index contributed by atoms with van der Waals surface area (Å²) in [6.45, 7) is 0. The average molecular weight is 298 g/mol. The summed E-state index contributed by atoms with van der Waals surface area (Å²) in [5, 5.41) is 0.612. The molecule has 0 bridgehead atoms.